The molecular formula is C42H55N5O8. The number of benzene rings is 2. The molecule has 2 aromatic carbocycles. The smallest absolute Gasteiger partial charge is 0.410 e. The average molecular weight is 758 g/mol. The summed E-state index contributed by atoms with van der Waals surface area (Å²) in [5.74, 6) is 3.66. The Kier molecular flexibility index (Phi) is 13.0. The molecule has 13 nitrogen and oxygen atoms in total. The number of carbonyl (C=O) groups is 1. The predicted octanol–water partition coefficient (Wildman–Crippen LogP) is 7.70. The molecule has 4 heterocycles. The van der Waals surface area contributed by atoms with Gasteiger partial charge in [0.15, 0.2) is 0 Å². The fraction of sp³-hybridized carbons (Fsp3) is 0.548. The minimum absolute atomic E-state index is 0.199. The van der Waals surface area contributed by atoms with E-state index in [2.05, 4.69) is 34.2 Å². The molecule has 55 heavy (non-hydrogen) atoms. The number of aromatic nitrogens is 4. The zero-order valence-corrected chi connectivity index (χ0v) is 32.4. The lowest BCUT2D eigenvalue weighted by Crippen LogP contribution is -2.36. The van der Waals surface area contributed by atoms with Crippen molar-refractivity contribution in [2.45, 2.75) is 76.9 Å². The Morgan fingerprint density at radius 3 is 1.69 bits per heavy atom. The molecule has 13 heteroatoms. The van der Waals surface area contributed by atoms with E-state index in [1.165, 1.54) is 25.7 Å². The van der Waals surface area contributed by atoms with E-state index >= 15 is 0 Å². The number of ether oxygens (including phenoxy) is 7. The van der Waals surface area contributed by atoms with Gasteiger partial charge in [0.05, 0.1) is 82.7 Å². The largest absolute Gasteiger partial charge is 0.490 e. The first-order valence-electron chi connectivity index (χ1n) is 19.8. The molecule has 1 saturated heterocycles. The van der Waals surface area contributed by atoms with Crippen LogP contribution < -0.4 is 9.47 Å². The van der Waals surface area contributed by atoms with Gasteiger partial charge in [-0.25, -0.2) is 14.8 Å². The molecular weight excluding hydrogens is 702 g/mol. The second kappa shape index (κ2) is 18.5. The second-order valence-corrected chi connectivity index (χ2v) is 15.2. The molecule has 3 aliphatic rings. The molecule has 2 aliphatic heterocycles. The van der Waals surface area contributed by atoms with E-state index in [9.17, 15) is 4.79 Å². The summed E-state index contributed by atoms with van der Waals surface area (Å²) < 4.78 is 41.5. The Hall–Kier alpha value is -4.43. The summed E-state index contributed by atoms with van der Waals surface area (Å²) in [6.07, 6.45) is 9.90. The number of nitrogens with one attached hydrogen (secondary N) is 2. The fourth-order valence-corrected chi connectivity index (χ4v) is 7.38. The van der Waals surface area contributed by atoms with Crippen molar-refractivity contribution in [1.29, 1.82) is 0 Å². The summed E-state index contributed by atoms with van der Waals surface area (Å²) in [4.78, 5) is 31.5. The highest BCUT2D eigenvalue weighted by Gasteiger charge is 2.35. The van der Waals surface area contributed by atoms with E-state index in [0.29, 0.717) is 84.3 Å². The van der Waals surface area contributed by atoms with E-state index < -0.39 is 5.60 Å². The average Bonchev–Trinajstić information content (AvgIpc) is 4.01. The van der Waals surface area contributed by atoms with Crippen molar-refractivity contribution in [3.05, 3.63) is 60.4 Å². The van der Waals surface area contributed by atoms with Gasteiger partial charge in [-0.15, -0.1) is 0 Å². The number of aromatic amines is 2. The topological polar surface area (TPSA) is 142 Å². The van der Waals surface area contributed by atoms with Gasteiger partial charge in [0.2, 0.25) is 0 Å². The normalized spacial score (nSPS) is 19.9. The van der Waals surface area contributed by atoms with E-state index in [0.717, 1.165) is 63.9 Å². The number of imidazole rings is 2. The number of hydrogen-bond donors (Lipinski definition) is 2. The molecule has 2 aromatic heterocycles. The van der Waals surface area contributed by atoms with Gasteiger partial charge in [0, 0.05) is 23.6 Å². The molecule has 2 fully saturated rings. The van der Waals surface area contributed by atoms with Gasteiger partial charge in [-0.1, -0.05) is 25.0 Å². The van der Waals surface area contributed by atoms with E-state index in [-0.39, 0.29) is 12.1 Å². The third kappa shape index (κ3) is 10.3. The summed E-state index contributed by atoms with van der Waals surface area (Å²) in [6, 6.07) is 12.2. The molecule has 2 N–H and O–H groups in total. The molecule has 1 amide bonds. The number of amides is 1. The van der Waals surface area contributed by atoms with Crippen LogP contribution in [0.3, 0.4) is 0 Å². The van der Waals surface area contributed by atoms with Crippen LogP contribution in [0.1, 0.15) is 82.9 Å². The zero-order valence-electron chi connectivity index (χ0n) is 32.4. The number of H-pyrrole nitrogens is 2. The van der Waals surface area contributed by atoms with Crippen LogP contribution in [0, 0.1) is 0 Å². The number of likely N-dealkylation sites (tertiary alicyclic amines) is 1. The quantitative estimate of drug-likeness (QED) is 0.213. The first kappa shape index (κ1) is 38.8. The highest BCUT2D eigenvalue weighted by molar-refractivity contribution is 5.78. The number of nitrogens with zero attached hydrogens (tertiary/aromatic N) is 3. The van der Waals surface area contributed by atoms with Crippen LogP contribution in [0.25, 0.3) is 33.6 Å². The monoisotopic (exact) mass is 757 g/mol. The molecule has 4 bridgehead atoms. The summed E-state index contributed by atoms with van der Waals surface area (Å²) >= 11 is 0. The maximum absolute atomic E-state index is 13.1. The van der Waals surface area contributed by atoms with E-state index in [4.69, 9.17) is 43.1 Å². The van der Waals surface area contributed by atoms with E-state index in [1.54, 1.807) is 4.90 Å². The maximum atomic E-state index is 13.1. The first-order valence-corrected chi connectivity index (χ1v) is 19.8. The van der Waals surface area contributed by atoms with Crippen molar-refractivity contribution in [2.75, 3.05) is 72.6 Å². The fourth-order valence-electron chi connectivity index (χ4n) is 7.38. The number of carbonyl (C=O) groups excluding carboxylic acids is 1. The number of hydrogen-bond acceptors (Lipinski definition) is 10. The minimum Gasteiger partial charge on any atom is -0.490 e. The lowest BCUT2D eigenvalue weighted by Gasteiger charge is -2.27. The molecule has 0 radical (unpaired) electrons. The standard InChI is InChI=1S/C42H55N5O8/c1-42(2,3)55-41(48)47-14-6-9-36(47)40-44-28-35(46-40)33-13-11-31-26-38(33)54-24-22-52-20-18-50-16-15-49-17-19-51-21-23-53-37-25-30(31)10-12-32(37)34-27-43-39(45-34)29-7-4-5-8-29/h10-13,25-29,36H,4-9,14-24H2,1-3H3,(H,43,45)(H,44,46). The third-order valence-electron chi connectivity index (χ3n) is 10.1. The molecule has 0 spiro atoms. The zero-order chi connectivity index (χ0) is 38.0. The predicted molar refractivity (Wildman–Crippen MR) is 207 cm³/mol. The summed E-state index contributed by atoms with van der Waals surface area (Å²) in [6.45, 7) is 10.6. The summed E-state index contributed by atoms with van der Waals surface area (Å²) in [5, 5.41) is 0. The second-order valence-electron chi connectivity index (χ2n) is 15.2. The van der Waals surface area contributed by atoms with Gasteiger partial charge in [0.25, 0.3) is 0 Å². The molecule has 1 aliphatic carbocycles. The molecule has 1 saturated carbocycles. The summed E-state index contributed by atoms with van der Waals surface area (Å²) in [5.41, 5.74) is 4.88. The van der Waals surface area contributed by atoms with Crippen molar-refractivity contribution in [3.63, 3.8) is 0 Å². The highest BCUT2D eigenvalue weighted by atomic mass is 16.6. The van der Waals surface area contributed by atoms with Crippen molar-refractivity contribution in [2.24, 2.45) is 0 Å². The SMILES string of the molecule is CC(C)(C)OC(=O)N1CCCC1c1ncc(-c2ccc3cc2OCCOCCOCCOCCOCCOc2cc-3ccc2-c2cnc(C3CCCC3)[nH]2)[nH]1. The molecule has 1 atom stereocenters. The van der Waals surface area contributed by atoms with E-state index in [1.807, 2.05) is 45.3 Å². The van der Waals surface area contributed by atoms with Crippen molar-refractivity contribution < 1.29 is 38.0 Å². The van der Waals surface area contributed by atoms with Crippen molar-refractivity contribution in [3.8, 4) is 45.1 Å². The lowest BCUT2D eigenvalue weighted by atomic mass is 9.99. The van der Waals surface area contributed by atoms with Gasteiger partial charge in [-0.2, -0.15) is 0 Å². The highest BCUT2D eigenvalue weighted by Crippen LogP contribution is 2.40. The summed E-state index contributed by atoms with van der Waals surface area (Å²) in [7, 11) is 0. The van der Waals surface area contributed by atoms with Crippen LogP contribution >= 0.6 is 0 Å². The molecule has 296 valence electrons. The van der Waals surface area contributed by atoms with Crippen LogP contribution in [0.4, 0.5) is 4.79 Å². The van der Waals surface area contributed by atoms with Gasteiger partial charge in [0.1, 0.15) is 42.0 Å². The Morgan fingerprint density at radius 2 is 1.16 bits per heavy atom. The first-order chi connectivity index (χ1) is 26.8. The van der Waals surface area contributed by atoms with Crippen LogP contribution in [0.2, 0.25) is 0 Å². The van der Waals surface area contributed by atoms with Crippen LogP contribution in [-0.4, -0.2) is 109 Å². The Morgan fingerprint density at radius 1 is 0.673 bits per heavy atom. The van der Waals surface area contributed by atoms with Crippen molar-refractivity contribution in [1.82, 2.24) is 24.8 Å². The van der Waals surface area contributed by atoms with Crippen LogP contribution in [0.5, 0.6) is 11.5 Å². The molecule has 1 unspecified atom stereocenters. The Labute approximate surface area is 323 Å². The van der Waals surface area contributed by atoms with Gasteiger partial charge < -0.3 is 43.1 Å². The van der Waals surface area contributed by atoms with Gasteiger partial charge in [-0.3, -0.25) is 4.90 Å². The van der Waals surface area contributed by atoms with Crippen molar-refractivity contribution >= 4 is 6.09 Å². The molecule has 4 aromatic rings. The maximum Gasteiger partial charge on any atom is 0.410 e. The molecule has 7 rings (SSSR count). The minimum atomic E-state index is -0.579. The van der Waals surface area contributed by atoms with Gasteiger partial charge >= 0.3 is 6.09 Å². The number of rotatable bonds is 4. The van der Waals surface area contributed by atoms with Crippen LogP contribution in [-0.2, 0) is 23.7 Å². The Balaban J connectivity index is 1.17. The lowest BCUT2D eigenvalue weighted by molar-refractivity contribution is -0.00696. The van der Waals surface area contributed by atoms with Crippen LogP contribution in [0.15, 0.2) is 48.8 Å². The number of fused-ring (bicyclic) bond motifs is 5. The Bertz CT molecular complexity index is 1850. The van der Waals surface area contributed by atoms with Gasteiger partial charge in [-0.05, 0) is 81.8 Å². The third-order valence-corrected chi connectivity index (χ3v) is 10.1.